The second-order valence-electron chi connectivity index (χ2n) is 7.99. The summed E-state index contributed by atoms with van der Waals surface area (Å²) in [7, 11) is 0. The lowest BCUT2D eigenvalue weighted by Crippen LogP contribution is -2.32. The maximum absolute atomic E-state index is 12.5. The van der Waals surface area contributed by atoms with Crippen LogP contribution in [-0.2, 0) is 22.5 Å². The maximum Gasteiger partial charge on any atom is 0.490 e. The number of fused-ring (bicyclic) bond motifs is 1. The minimum absolute atomic E-state index is 0.211. The van der Waals surface area contributed by atoms with E-state index in [0.29, 0.717) is 18.8 Å². The lowest BCUT2D eigenvalue weighted by atomic mass is 10.1. The minimum atomic E-state index is -5.08. The lowest BCUT2D eigenvalue weighted by Gasteiger charge is -2.22. The van der Waals surface area contributed by atoms with E-state index in [0.717, 1.165) is 23.5 Å². The number of hydrogen-bond donors (Lipinski definition) is 2. The molecular formula is C22H24F3N5O4S. The van der Waals surface area contributed by atoms with E-state index in [1.165, 1.54) is 22.7 Å². The van der Waals surface area contributed by atoms with Crippen molar-refractivity contribution < 1.29 is 32.6 Å². The number of amides is 1. The monoisotopic (exact) mass is 511 g/mol. The molecule has 0 spiro atoms. The lowest BCUT2D eigenvalue weighted by molar-refractivity contribution is -0.192. The Labute approximate surface area is 203 Å². The van der Waals surface area contributed by atoms with Gasteiger partial charge < -0.3 is 15.2 Å². The number of benzene rings is 1. The van der Waals surface area contributed by atoms with Gasteiger partial charge in [0.05, 0.1) is 23.7 Å². The average Bonchev–Trinajstić information content (AvgIpc) is 3.45. The third-order valence-electron chi connectivity index (χ3n) is 5.00. The molecule has 35 heavy (non-hydrogen) atoms. The molecule has 2 N–H and O–H groups in total. The van der Waals surface area contributed by atoms with Crippen molar-refractivity contribution in [3.8, 4) is 0 Å². The molecule has 13 heteroatoms. The smallest absolute Gasteiger partial charge is 0.475 e. The molecule has 4 rings (SSSR count). The number of carboxylic acid groups (broad SMARTS) is 1. The molecule has 1 aromatic carbocycles. The van der Waals surface area contributed by atoms with E-state index in [-0.39, 0.29) is 17.9 Å². The molecule has 3 aromatic rings. The minimum Gasteiger partial charge on any atom is -0.475 e. The second-order valence-corrected chi connectivity index (χ2v) is 8.77. The van der Waals surface area contributed by atoms with E-state index in [1.54, 1.807) is 0 Å². The van der Waals surface area contributed by atoms with E-state index in [9.17, 15) is 18.0 Å². The molecule has 0 radical (unpaired) electrons. The number of aromatic nitrogens is 4. The third-order valence-corrected chi connectivity index (χ3v) is 6.02. The van der Waals surface area contributed by atoms with Crippen molar-refractivity contribution in [1.29, 1.82) is 0 Å². The first-order chi connectivity index (χ1) is 16.6. The van der Waals surface area contributed by atoms with Gasteiger partial charge in [-0.25, -0.2) is 4.79 Å². The third kappa shape index (κ3) is 7.09. The Balaban J connectivity index is 0.000000429. The zero-order valence-electron chi connectivity index (χ0n) is 19.0. The number of carbonyl (C=O) groups is 2. The summed E-state index contributed by atoms with van der Waals surface area (Å²) in [5.74, 6) is -2.75. The van der Waals surface area contributed by atoms with Crippen molar-refractivity contribution >= 4 is 23.4 Å². The number of nitrogens with zero attached hydrogens (tertiary/aromatic N) is 4. The van der Waals surface area contributed by atoms with Crippen LogP contribution < -0.4 is 5.32 Å². The standard InChI is InChI=1S/C20H23N5O2S.C2HF3O2/c1-13(2)19-18(22-24-28-19)20(26)21-10-16-17-15(8-9-27-16)12-25(23-17)11-14-6-4-3-5-7-14;3-2(4,5)1(6)7/h3-7,12-13,16H,8-11H2,1-2H3,(H,21,26);(H,6,7). The Morgan fingerprint density at radius 3 is 2.60 bits per heavy atom. The largest absolute Gasteiger partial charge is 0.490 e. The van der Waals surface area contributed by atoms with Crippen LogP contribution in [0.25, 0.3) is 0 Å². The maximum atomic E-state index is 12.5. The summed E-state index contributed by atoms with van der Waals surface area (Å²) in [5, 5.41) is 18.8. The summed E-state index contributed by atoms with van der Waals surface area (Å²) in [5.41, 5.74) is 3.69. The molecule has 9 nitrogen and oxygen atoms in total. The predicted octanol–water partition coefficient (Wildman–Crippen LogP) is 3.58. The van der Waals surface area contributed by atoms with Crippen molar-refractivity contribution in [2.24, 2.45) is 0 Å². The SMILES string of the molecule is CC(C)c1snnc1C(=O)NCC1OCCc2cn(Cc3ccccc3)nc21.O=C(O)C(F)(F)F. The zero-order valence-corrected chi connectivity index (χ0v) is 19.8. The molecule has 0 bridgehead atoms. The Morgan fingerprint density at radius 2 is 1.97 bits per heavy atom. The molecule has 0 aliphatic carbocycles. The van der Waals surface area contributed by atoms with Crippen LogP contribution in [0.4, 0.5) is 13.2 Å². The normalized spacial score (nSPS) is 15.2. The number of halogens is 3. The fourth-order valence-corrected chi connectivity index (χ4v) is 3.98. The Kier molecular flexibility index (Phi) is 8.57. The van der Waals surface area contributed by atoms with Crippen molar-refractivity contribution in [1.82, 2.24) is 24.7 Å². The number of carboxylic acids is 1. The van der Waals surface area contributed by atoms with Gasteiger partial charge in [-0.1, -0.05) is 48.7 Å². The Bertz CT molecular complexity index is 1150. The highest BCUT2D eigenvalue weighted by Gasteiger charge is 2.38. The van der Waals surface area contributed by atoms with Crippen LogP contribution >= 0.6 is 11.5 Å². The van der Waals surface area contributed by atoms with Gasteiger partial charge in [0.15, 0.2) is 5.69 Å². The summed E-state index contributed by atoms with van der Waals surface area (Å²) < 4.78 is 43.5. The number of alkyl halides is 3. The molecule has 0 saturated carbocycles. The Hall–Kier alpha value is -3.32. The van der Waals surface area contributed by atoms with Crippen molar-refractivity contribution in [2.75, 3.05) is 13.2 Å². The van der Waals surface area contributed by atoms with Crippen LogP contribution in [0, 0.1) is 0 Å². The molecule has 1 unspecified atom stereocenters. The predicted molar refractivity (Wildman–Crippen MR) is 120 cm³/mol. The number of hydrogen-bond acceptors (Lipinski definition) is 7. The highest BCUT2D eigenvalue weighted by molar-refractivity contribution is 7.05. The number of nitrogens with one attached hydrogen (secondary N) is 1. The van der Waals surface area contributed by atoms with Crippen LogP contribution in [0.5, 0.6) is 0 Å². The van der Waals surface area contributed by atoms with Gasteiger partial charge >= 0.3 is 12.1 Å². The van der Waals surface area contributed by atoms with Crippen LogP contribution in [0.3, 0.4) is 0 Å². The van der Waals surface area contributed by atoms with Crippen LogP contribution in [0.2, 0.25) is 0 Å². The topological polar surface area (TPSA) is 119 Å². The first kappa shape index (κ1) is 26.3. The highest BCUT2D eigenvalue weighted by atomic mass is 32.1. The quantitative estimate of drug-likeness (QED) is 0.519. The molecule has 2 aromatic heterocycles. The zero-order chi connectivity index (χ0) is 25.6. The van der Waals surface area contributed by atoms with E-state index < -0.39 is 12.1 Å². The van der Waals surface area contributed by atoms with Gasteiger partial charge in [-0.05, 0) is 35.0 Å². The summed E-state index contributed by atoms with van der Waals surface area (Å²) in [6.45, 7) is 5.77. The number of rotatable bonds is 6. The number of ether oxygens (including phenoxy) is 1. The second kappa shape index (κ2) is 11.4. The fraction of sp³-hybridized carbons (Fsp3) is 0.409. The summed E-state index contributed by atoms with van der Waals surface area (Å²) in [6, 6.07) is 10.2. The molecule has 1 aliphatic rings. The molecule has 1 amide bonds. The van der Waals surface area contributed by atoms with E-state index >= 15 is 0 Å². The summed E-state index contributed by atoms with van der Waals surface area (Å²) in [4.78, 5) is 22.3. The molecule has 3 heterocycles. The molecule has 188 valence electrons. The molecule has 0 fully saturated rings. The van der Waals surface area contributed by atoms with Gasteiger partial charge in [0.2, 0.25) is 0 Å². The van der Waals surface area contributed by atoms with Crippen molar-refractivity contribution in [3.63, 3.8) is 0 Å². The van der Waals surface area contributed by atoms with Gasteiger partial charge in [0.1, 0.15) is 6.10 Å². The average molecular weight is 512 g/mol. The van der Waals surface area contributed by atoms with Gasteiger partial charge in [0, 0.05) is 12.7 Å². The Morgan fingerprint density at radius 1 is 1.29 bits per heavy atom. The summed E-state index contributed by atoms with van der Waals surface area (Å²) in [6.07, 6.45) is -2.41. The van der Waals surface area contributed by atoms with Gasteiger partial charge in [-0.2, -0.15) is 18.3 Å². The number of carbonyl (C=O) groups excluding carboxylic acids is 1. The molecule has 1 atom stereocenters. The summed E-state index contributed by atoms with van der Waals surface area (Å²) >= 11 is 1.27. The molecular weight excluding hydrogens is 487 g/mol. The van der Waals surface area contributed by atoms with Crippen LogP contribution in [0.15, 0.2) is 36.5 Å². The van der Waals surface area contributed by atoms with Crippen LogP contribution in [-0.4, -0.2) is 55.7 Å². The van der Waals surface area contributed by atoms with E-state index in [4.69, 9.17) is 19.7 Å². The molecule has 0 saturated heterocycles. The van der Waals surface area contributed by atoms with Gasteiger partial charge in [-0.15, -0.1) is 5.10 Å². The first-order valence-corrected chi connectivity index (χ1v) is 11.5. The van der Waals surface area contributed by atoms with E-state index in [2.05, 4.69) is 33.2 Å². The molecule has 1 aliphatic heterocycles. The van der Waals surface area contributed by atoms with Gasteiger partial charge in [0.25, 0.3) is 5.91 Å². The first-order valence-electron chi connectivity index (χ1n) is 10.7. The van der Waals surface area contributed by atoms with E-state index in [1.807, 2.05) is 36.7 Å². The van der Waals surface area contributed by atoms with Crippen molar-refractivity contribution in [2.45, 2.75) is 45.0 Å². The van der Waals surface area contributed by atoms with Gasteiger partial charge in [-0.3, -0.25) is 9.48 Å². The fourth-order valence-electron chi connectivity index (χ4n) is 3.34. The highest BCUT2D eigenvalue weighted by Crippen LogP contribution is 2.26. The number of aliphatic carboxylic acids is 1. The van der Waals surface area contributed by atoms with Crippen LogP contribution in [0.1, 0.15) is 58.1 Å². The van der Waals surface area contributed by atoms with Crippen molar-refractivity contribution in [3.05, 3.63) is 63.9 Å².